The Kier molecular flexibility index (Phi) is 6.15. The number of aliphatic carboxylic acids is 1. The molecule has 0 spiro atoms. The van der Waals surface area contributed by atoms with Crippen molar-refractivity contribution in [2.75, 3.05) is 7.11 Å². The van der Waals surface area contributed by atoms with Crippen molar-refractivity contribution in [2.45, 2.75) is 38.5 Å². The molecular weight excluding hydrogens is 292 g/mol. The maximum absolute atomic E-state index is 12.2. The molecule has 4 nitrogen and oxygen atoms in total. The predicted molar refractivity (Wildman–Crippen MR) is 87.5 cm³/mol. The van der Waals surface area contributed by atoms with Gasteiger partial charge in [-0.2, -0.15) is 0 Å². The highest BCUT2D eigenvalue weighted by Gasteiger charge is 2.07. The lowest BCUT2D eigenvalue weighted by molar-refractivity contribution is -0.305. The summed E-state index contributed by atoms with van der Waals surface area (Å²) in [5.74, 6) is -0.0790. The van der Waals surface area contributed by atoms with E-state index in [9.17, 15) is 14.7 Å². The lowest BCUT2D eigenvalue weighted by Crippen LogP contribution is -2.21. The topological polar surface area (TPSA) is 66.4 Å². The summed E-state index contributed by atoms with van der Waals surface area (Å²) in [6, 6.07) is 11.5. The minimum Gasteiger partial charge on any atom is -0.550 e. The van der Waals surface area contributed by atoms with Gasteiger partial charge < -0.3 is 14.6 Å². The fraction of sp³-hybridized carbons (Fsp3) is 0.368. The fourth-order valence-electron chi connectivity index (χ4n) is 2.58. The van der Waals surface area contributed by atoms with Gasteiger partial charge in [-0.05, 0) is 48.2 Å². The number of unbranched alkanes of at least 4 members (excludes halogenated alkanes) is 3. The smallest absolute Gasteiger partial charge is 0.162 e. The highest BCUT2D eigenvalue weighted by Crippen LogP contribution is 2.22. The van der Waals surface area contributed by atoms with Gasteiger partial charge in [0.1, 0.15) is 5.75 Å². The van der Waals surface area contributed by atoms with Gasteiger partial charge in [-0.3, -0.25) is 4.79 Å². The fourth-order valence-corrected chi connectivity index (χ4v) is 2.58. The molecule has 0 N–H and O–H groups in total. The summed E-state index contributed by atoms with van der Waals surface area (Å²) >= 11 is 0. The number of fused-ring (bicyclic) bond motifs is 1. The monoisotopic (exact) mass is 313 g/mol. The number of ketones is 1. The van der Waals surface area contributed by atoms with Crippen LogP contribution in [0.4, 0.5) is 0 Å². The molecule has 0 amide bonds. The lowest BCUT2D eigenvalue weighted by atomic mass is 10.0. The molecule has 0 aliphatic carbocycles. The molecule has 23 heavy (non-hydrogen) atoms. The Morgan fingerprint density at radius 1 is 0.913 bits per heavy atom. The zero-order chi connectivity index (χ0) is 16.7. The zero-order valence-corrected chi connectivity index (χ0v) is 13.3. The van der Waals surface area contributed by atoms with Crippen LogP contribution in [-0.4, -0.2) is 18.9 Å². The van der Waals surface area contributed by atoms with Gasteiger partial charge in [0.25, 0.3) is 0 Å². The van der Waals surface area contributed by atoms with Gasteiger partial charge in [-0.15, -0.1) is 0 Å². The van der Waals surface area contributed by atoms with Crippen LogP contribution in [0.1, 0.15) is 48.9 Å². The van der Waals surface area contributed by atoms with E-state index in [0.29, 0.717) is 12.8 Å². The van der Waals surface area contributed by atoms with Gasteiger partial charge in [0, 0.05) is 18.0 Å². The number of rotatable bonds is 9. The van der Waals surface area contributed by atoms with E-state index in [0.717, 1.165) is 41.3 Å². The molecule has 2 aromatic rings. The van der Waals surface area contributed by atoms with Crippen molar-refractivity contribution >= 4 is 22.5 Å². The second kappa shape index (κ2) is 8.32. The van der Waals surface area contributed by atoms with Gasteiger partial charge in [-0.1, -0.05) is 31.0 Å². The molecule has 0 aromatic heterocycles. The van der Waals surface area contributed by atoms with E-state index in [-0.39, 0.29) is 12.2 Å². The van der Waals surface area contributed by atoms with Crippen molar-refractivity contribution in [3.63, 3.8) is 0 Å². The van der Waals surface area contributed by atoms with Crippen molar-refractivity contribution < 1.29 is 19.4 Å². The highest BCUT2D eigenvalue weighted by atomic mass is 16.5. The van der Waals surface area contributed by atoms with Crippen LogP contribution in [0.5, 0.6) is 5.75 Å². The van der Waals surface area contributed by atoms with Crippen LogP contribution in [0.25, 0.3) is 10.8 Å². The van der Waals surface area contributed by atoms with Crippen molar-refractivity contribution in [1.82, 2.24) is 0 Å². The molecule has 4 heteroatoms. The standard InChI is InChI=1S/C19H22O4/c1-23-17-11-10-14-12-16(9-8-15(14)13-17)18(20)6-4-2-3-5-7-19(21)22/h8-13H,2-7H2,1H3,(H,21,22)/p-1. The van der Waals surface area contributed by atoms with E-state index in [2.05, 4.69) is 0 Å². The Bertz CT molecular complexity index is 691. The molecule has 122 valence electrons. The normalized spacial score (nSPS) is 10.7. The van der Waals surface area contributed by atoms with Crippen LogP contribution < -0.4 is 9.84 Å². The van der Waals surface area contributed by atoms with E-state index in [1.165, 1.54) is 0 Å². The SMILES string of the molecule is COc1ccc2cc(C(=O)CCCCCCC(=O)[O-])ccc2c1. The molecule has 0 unspecified atom stereocenters. The Hall–Kier alpha value is -2.36. The zero-order valence-electron chi connectivity index (χ0n) is 13.3. The predicted octanol–water partition coefficient (Wildman–Crippen LogP) is 3.12. The average molecular weight is 313 g/mol. The third-order valence-corrected chi connectivity index (χ3v) is 3.90. The van der Waals surface area contributed by atoms with Crippen molar-refractivity contribution in [2.24, 2.45) is 0 Å². The summed E-state index contributed by atoms with van der Waals surface area (Å²) in [6.45, 7) is 0. The summed E-state index contributed by atoms with van der Waals surface area (Å²) < 4.78 is 5.19. The Balaban J connectivity index is 1.87. The molecule has 2 rings (SSSR count). The van der Waals surface area contributed by atoms with Crippen molar-refractivity contribution in [1.29, 1.82) is 0 Å². The molecule has 2 aromatic carbocycles. The summed E-state index contributed by atoms with van der Waals surface area (Å²) in [4.78, 5) is 22.5. The average Bonchev–Trinajstić information content (AvgIpc) is 2.56. The van der Waals surface area contributed by atoms with Crippen molar-refractivity contribution in [3.05, 3.63) is 42.0 Å². The first-order chi connectivity index (χ1) is 11.1. The second-order valence-corrected chi connectivity index (χ2v) is 5.64. The molecule has 0 atom stereocenters. The van der Waals surface area contributed by atoms with E-state index < -0.39 is 5.97 Å². The van der Waals surface area contributed by atoms with Crippen LogP contribution in [0.2, 0.25) is 0 Å². The number of benzene rings is 2. The van der Waals surface area contributed by atoms with E-state index in [1.54, 1.807) is 7.11 Å². The Morgan fingerprint density at radius 3 is 2.26 bits per heavy atom. The van der Waals surface area contributed by atoms with Gasteiger partial charge in [0.15, 0.2) is 5.78 Å². The number of ether oxygens (including phenoxy) is 1. The van der Waals surface area contributed by atoms with Crippen LogP contribution in [0.3, 0.4) is 0 Å². The quantitative estimate of drug-likeness (QED) is 0.527. The number of carbonyl (C=O) groups excluding carboxylic acids is 2. The van der Waals surface area contributed by atoms with Crippen LogP contribution >= 0.6 is 0 Å². The molecular formula is C19H21O4-. The summed E-state index contributed by atoms with van der Waals surface area (Å²) in [7, 11) is 1.63. The van der Waals surface area contributed by atoms with Gasteiger partial charge in [0.05, 0.1) is 7.11 Å². The lowest BCUT2D eigenvalue weighted by Gasteiger charge is -2.06. The minimum absolute atomic E-state index is 0.0993. The van der Waals surface area contributed by atoms with Crippen LogP contribution in [0, 0.1) is 0 Å². The maximum Gasteiger partial charge on any atom is 0.162 e. The number of methoxy groups -OCH3 is 1. The molecule has 0 saturated carbocycles. The summed E-state index contributed by atoms with van der Waals surface area (Å²) in [6.07, 6.45) is 3.68. The molecule has 0 fully saturated rings. The van der Waals surface area contributed by atoms with Crippen molar-refractivity contribution in [3.8, 4) is 5.75 Å². The van der Waals surface area contributed by atoms with Crippen LogP contribution in [0.15, 0.2) is 36.4 Å². The highest BCUT2D eigenvalue weighted by molar-refractivity contribution is 6.00. The molecule has 0 saturated heterocycles. The summed E-state index contributed by atoms with van der Waals surface area (Å²) in [5.41, 5.74) is 0.720. The molecule has 0 heterocycles. The number of carbonyl (C=O) groups is 2. The first-order valence-corrected chi connectivity index (χ1v) is 7.91. The van der Waals surface area contributed by atoms with E-state index in [4.69, 9.17) is 4.74 Å². The largest absolute Gasteiger partial charge is 0.550 e. The van der Waals surface area contributed by atoms with Crippen LogP contribution in [-0.2, 0) is 4.79 Å². The number of carboxylic acid groups (broad SMARTS) is 1. The first kappa shape index (κ1) is 17.0. The second-order valence-electron chi connectivity index (χ2n) is 5.64. The number of Topliss-reactive ketones (excluding diaryl/α,β-unsaturated/α-hetero) is 1. The van der Waals surface area contributed by atoms with Gasteiger partial charge in [-0.25, -0.2) is 0 Å². The molecule has 0 radical (unpaired) electrons. The molecule has 0 aliphatic rings. The number of hydrogen-bond acceptors (Lipinski definition) is 4. The summed E-state index contributed by atoms with van der Waals surface area (Å²) in [5, 5.41) is 12.4. The Morgan fingerprint density at radius 2 is 1.57 bits per heavy atom. The minimum atomic E-state index is -1.01. The number of carboxylic acids is 1. The Labute approximate surface area is 136 Å². The molecule has 0 aliphatic heterocycles. The first-order valence-electron chi connectivity index (χ1n) is 7.91. The van der Waals surface area contributed by atoms with E-state index in [1.807, 2.05) is 36.4 Å². The third-order valence-electron chi connectivity index (χ3n) is 3.90. The molecule has 0 bridgehead atoms. The third kappa shape index (κ3) is 5.09. The van der Waals surface area contributed by atoms with E-state index >= 15 is 0 Å². The van der Waals surface area contributed by atoms with Gasteiger partial charge >= 0.3 is 0 Å². The van der Waals surface area contributed by atoms with Gasteiger partial charge in [0.2, 0.25) is 0 Å². The number of hydrogen-bond donors (Lipinski definition) is 0. The maximum atomic E-state index is 12.2.